The predicted molar refractivity (Wildman–Crippen MR) is 65.7 cm³/mol. The molecule has 0 radical (unpaired) electrons. The van der Waals surface area contributed by atoms with Gasteiger partial charge in [-0.3, -0.25) is 9.78 Å². The molecule has 1 aromatic carbocycles. The van der Waals surface area contributed by atoms with Crippen molar-refractivity contribution in [2.45, 2.75) is 13.3 Å². The summed E-state index contributed by atoms with van der Waals surface area (Å²) >= 11 is 0. The zero-order chi connectivity index (χ0) is 12.3. The number of carboxylic acids is 1. The van der Waals surface area contributed by atoms with Gasteiger partial charge in [0.1, 0.15) is 0 Å². The fourth-order valence-electron chi connectivity index (χ4n) is 1.76. The number of rotatable bonds is 3. The van der Waals surface area contributed by atoms with Gasteiger partial charge in [0.15, 0.2) is 0 Å². The molecule has 1 N–H and O–H groups in total. The Morgan fingerprint density at radius 1 is 1.29 bits per heavy atom. The van der Waals surface area contributed by atoms with E-state index in [-0.39, 0.29) is 6.42 Å². The molecule has 0 amide bonds. The molecule has 17 heavy (non-hydrogen) atoms. The van der Waals surface area contributed by atoms with Crippen molar-refractivity contribution < 1.29 is 9.90 Å². The minimum absolute atomic E-state index is 0.00706. The van der Waals surface area contributed by atoms with Crippen molar-refractivity contribution in [1.82, 2.24) is 4.98 Å². The van der Waals surface area contributed by atoms with Crippen LogP contribution in [-0.2, 0) is 11.2 Å². The Balaban J connectivity index is 2.43. The van der Waals surface area contributed by atoms with E-state index in [1.165, 1.54) is 0 Å². The Morgan fingerprint density at radius 2 is 2.00 bits per heavy atom. The van der Waals surface area contributed by atoms with E-state index in [1.54, 1.807) is 6.20 Å². The minimum atomic E-state index is -0.838. The summed E-state index contributed by atoms with van der Waals surface area (Å²) in [6.07, 6.45) is 1.63. The van der Waals surface area contributed by atoms with Gasteiger partial charge in [-0.15, -0.1) is 0 Å². The van der Waals surface area contributed by atoms with E-state index in [1.807, 2.05) is 43.3 Å². The number of benzene rings is 1. The molecule has 2 rings (SSSR count). The zero-order valence-electron chi connectivity index (χ0n) is 9.55. The number of aromatic nitrogens is 1. The highest BCUT2D eigenvalue weighted by Gasteiger charge is 2.06. The van der Waals surface area contributed by atoms with Crippen molar-refractivity contribution in [1.29, 1.82) is 0 Å². The number of carbonyl (C=O) groups is 1. The number of pyridine rings is 1. The molecule has 0 aliphatic heterocycles. The van der Waals surface area contributed by atoms with Crippen LogP contribution in [0.5, 0.6) is 0 Å². The largest absolute Gasteiger partial charge is 0.481 e. The molecule has 0 saturated heterocycles. The van der Waals surface area contributed by atoms with E-state index in [4.69, 9.17) is 5.11 Å². The summed E-state index contributed by atoms with van der Waals surface area (Å²) in [4.78, 5) is 14.9. The van der Waals surface area contributed by atoms with Crippen LogP contribution in [0.2, 0.25) is 0 Å². The fraction of sp³-hybridized carbons (Fsp3) is 0.143. The Labute approximate surface area is 99.8 Å². The van der Waals surface area contributed by atoms with Crippen LogP contribution in [0.3, 0.4) is 0 Å². The molecular weight excluding hydrogens is 214 g/mol. The lowest BCUT2D eigenvalue weighted by Crippen LogP contribution is -2.01. The highest BCUT2D eigenvalue weighted by atomic mass is 16.4. The summed E-state index contributed by atoms with van der Waals surface area (Å²) in [7, 11) is 0. The van der Waals surface area contributed by atoms with E-state index >= 15 is 0 Å². The first-order valence-corrected chi connectivity index (χ1v) is 5.39. The van der Waals surface area contributed by atoms with Crippen molar-refractivity contribution in [2.75, 3.05) is 0 Å². The highest BCUT2D eigenvalue weighted by molar-refractivity contribution is 5.72. The standard InChI is InChI=1S/C14H13NO2/c1-10-13(12-5-3-2-4-6-12)7-11(9-15-10)8-14(16)17/h2-7,9H,8H2,1H3,(H,16,17). The van der Waals surface area contributed by atoms with Gasteiger partial charge in [0.2, 0.25) is 0 Å². The zero-order valence-corrected chi connectivity index (χ0v) is 9.55. The summed E-state index contributed by atoms with van der Waals surface area (Å²) in [5.74, 6) is -0.838. The number of aliphatic carboxylic acids is 1. The Bertz CT molecular complexity index is 535. The highest BCUT2D eigenvalue weighted by Crippen LogP contribution is 2.22. The third-order valence-corrected chi connectivity index (χ3v) is 2.58. The van der Waals surface area contributed by atoms with Crippen LogP contribution >= 0.6 is 0 Å². The van der Waals surface area contributed by atoms with E-state index in [0.29, 0.717) is 0 Å². The predicted octanol–water partition coefficient (Wildman–Crippen LogP) is 2.68. The second kappa shape index (κ2) is 4.78. The number of nitrogens with zero attached hydrogens (tertiary/aromatic N) is 1. The Kier molecular flexibility index (Phi) is 3.19. The van der Waals surface area contributed by atoms with Gasteiger partial charge in [0.05, 0.1) is 6.42 Å². The lowest BCUT2D eigenvalue weighted by molar-refractivity contribution is -0.136. The summed E-state index contributed by atoms with van der Waals surface area (Å²) in [6.45, 7) is 1.92. The molecule has 0 bridgehead atoms. The van der Waals surface area contributed by atoms with Crippen molar-refractivity contribution in [3.63, 3.8) is 0 Å². The molecule has 0 aliphatic carbocycles. The normalized spacial score (nSPS) is 10.2. The Hall–Kier alpha value is -2.16. The molecule has 0 spiro atoms. The van der Waals surface area contributed by atoms with E-state index in [9.17, 15) is 4.79 Å². The average molecular weight is 227 g/mol. The molecule has 0 atom stereocenters. The maximum Gasteiger partial charge on any atom is 0.307 e. The lowest BCUT2D eigenvalue weighted by Gasteiger charge is -2.07. The van der Waals surface area contributed by atoms with Gasteiger partial charge in [-0.1, -0.05) is 30.3 Å². The Morgan fingerprint density at radius 3 is 2.65 bits per heavy atom. The monoisotopic (exact) mass is 227 g/mol. The van der Waals surface area contributed by atoms with Crippen LogP contribution in [0.4, 0.5) is 0 Å². The molecule has 86 valence electrons. The van der Waals surface area contributed by atoms with Crippen LogP contribution in [-0.4, -0.2) is 16.1 Å². The lowest BCUT2D eigenvalue weighted by atomic mass is 10.0. The number of aryl methyl sites for hydroxylation is 1. The molecule has 0 fully saturated rings. The fourth-order valence-corrected chi connectivity index (χ4v) is 1.76. The van der Waals surface area contributed by atoms with E-state index in [2.05, 4.69) is 4.98 Å². The molecule has 0 unspecified atom stereocenters. The molecule has 0 aliphatic rings. The van der Waals surface area contributed by atoms with Crippen molar-refractivity contribution in [3.05, 3.63) is 53.9 Å². The quantitative estimate of drug-likeness (QED) is 0.877. The van der Waals surface area contributed by atoms with Gasteiger partial charge in [0, 0.05) is 17.5 Å². The van der Waals surface area contributed by atoms with Crippen molar-refractivity contribution in [3.8, 4) is 11.1 Å². The SMILES string of the molecule is Cc1ncc(CC(=O)O)cc1-c1ccccc1. The third kappa shape index (κ3) is 2.69. The third-order valence-electron chi connectivity index (χ3n) is 2.58. The number of carboxylic acid groups (broad SMARTS) is 1. The van der Waals surface area contributed by atoms with Gasteiger partial charge in [-0.25, -0.2) is 0 Å². The maximum absolute atomic E-state index is 10.7. The van der Waals surface area contributed by atoms with Crippen molar-refractivity contribution >= 4 is 5.97 Å². The second-order valence-corrected chi connectivity index (χ2v) is 3.91. The smallest absolute Gasteiger partial charge is 0.307 e. The van der Waals surface area contributed by atoms with Crippen LogP contribution in [0.15, 0.2) is 42.6 Å². The molecule has 2 aromatic rings. The molecule has 3 heteroatoms. The van der Waals surface area contributed by atoms with Gasteiger partial charge >= 0.3 is 5.97 Å². The van der Waals surface area contributed by atoms with Crippen molar-refractivity contribution in [2.24, 2.45) is 0 Å². The second-order valence-electron chi connectivity index (χ2n) is 3.91. The summed E-state index contributed by atoms with van der Waals surface area (Å²) in [5.41, 5.74) is 3.68. The first-order chi connectivity index (χ1) is 8.16. The van der Waals surface area contributed by atoms with Gasteiger partial charge in [-0.2, -0.15) is 0 Å². The summed E-state index contributed by atoms with van der Waals surface area (Å²) < 4.78 is 0. The molecular formula is C14H13NO2. The molecule has 1 heterocycles. The molecule has 3 nitrogen and oxygen atoms in total. The average Bonchev–Trinajstić information content (AvgIpc) is 2.32. The van der Waals surface area contributed by atoms with Crippen LogP contribution in [0.1, 0.15) is 11.3 Å². The van der Waals surface area contributed by atoms with Crippen LogP contribution < -0.4 is 0 Å². The van der Waals surface area contributed by atoms with E-state index in [0.717, 1.165) is 22.4 Å². The van der Waals surface area contributed by atoms with Crippen LogP contribution in [0.25, 0.3) is 11.1 Å². The van der Waals surface area contributed by atoms with Gasteiger partial charge < -0.3 is 5.11 Å². The first kappa shape index (κ1) is 11.3. The first-order valence-electron chi connectivity index (χ1n) is 5.39. The summed E-state index contributed by atoms with van der Waals surface area (Å²) in [6, 6.07) is 11.7. The molecule has 0 saturated carbocycles. The maximum atomic E-state index is 10.7. The topological polar surface area (TPSA) is 50.2 Å². The van der Waals surface area contributed by atoms with E-state index < -0.39 is 5.97 Å². The van der Waals surface area contributed by atoms with Crippen LogP contribution in [0, 0.1) is 6.92 Å². The number of hydrogen-bond donors (Lipinski definition) is 1. The van der Waals surface area contributed by atoms with Gasteiger partial charge in [0.25, 0.3) is 0 Å². The molecule has 1 aromatic heterocycles. The summed E-state index contributed by atoms with van der Waals surface area (Å²) in [5, 5.41) is 8.77. The minimum Gasteiger partial charge on any atom is -0.481 e. The number of hydrogen-bond acceptors (Lipinski definition) is 2. The van der Waals surface area contributed by atoms with Gasteiger partial charge in [-0.05, 0) is 24.1 Å².